The van der Waals surface area contributed by atoms with E-state index in [1.54, 1.807) is 31.2 Å². The molecule has 0 aliphatic rings. The Morgan fingerprint density at radius 2 is 1.88 bits per heavy atom. The van der Waals surface area contributed by atoms with Crippen LogP contribution in [-0.4, -0.2) is 46.4 Å². The first-order valence-electron chi connectivity index (χ1n) is 10.5. The van der Waals surface area contributed by atoms with Crippen LogP contribution in [0, 0.1) is 6.92 Å². The van der Waals surface area contributed by atoms with E-state index in [2.05, 4.69) is 16.0 Å². The highest BCUT2D eigenvalue weighted by Crippen LogP contribution is 2.36. The van der Waals surface area contributed by atoms with E-state index < -0.39 is 21.3 Å². The van der Waals surface area contributed by atoms with Gasteiger partial charge >= 0.3 is 0 Å². The van der Waals surface area contributed by atoms with Gasteiger partial charge in [-0.05, 0) is 25.5 Å². The molecule has 178 valence electrons. The first kappa shape index (κ1) is 25.9. The third-order valence-electron chi connectivity index (χ3n) is 4.76. The molecule has 0 bridgehead atoms. The third kappa shape index (κ3) is 7.64. The fourth-order valence-corrected chi connectivity index (χ4v) is 4.07. The van der Waals surface area contributed by atoms with Crippen LogP contribution < -0.4 is 8.91 Å². The van der Waals surface area contributed by atoms with Crippen molar-refractivity contribution in [1.82, 2.24) is 9.29 Å². The number of benzene rings is 1. The summed E-state index contributed by atoms with van der Waals surface area (Å²) in [4.78, 5) is 0. The average Bonchev–Trinajstić information content (AvgIpc) is 2.93. The van der Waals surface area contributed by atoms with E-state index >= 15 is 0 Å². The molecule has 3 N–H and O–H groups in total. The van der Waals surface area contributed by atoms with Crippen LogP contribution in [0.15, 0.2) is 28.7 Å². The van der Waals surface area contributed by atoms with Crippen LogP contribution in [0.2, 0.25) is 0 Å². The van der Waals surface area contributed by atoms with Gasteiger partial charge in [0.1, 0.15) is 11.5 Å². The summed E-state index contributed by atoms with van der Waals surface area (Å²) in [6.07, 6.45) is 8.59. The molecule has 0 amide bonds. The van der Waals surface area contributed by atoms with E-state index in [1.165, 1.54) is 23.8 Å². The number of hydrogen-bond acceptors (Lipinski definition) is 6. The highest BCUT2D eigenvalue weighted by Gasteiger charge is 2.20. The van der Waals surface area contributed by atoms with Crippen LogP contribution in [0.5, 0.6) is 17.4 Å². The van der Waals surface area contributed by atoms with Gasteiger partial charge in [0, 0.05) is 12.6 Å². The Bertz CT molecular complexity index is 1060. The average molecular weight is 486 g/mol. The lowest BCUT2D eigenvalue weighted by Gasteiger charge is -2.11. The van der Waals surface area contributed by atoms with Crippen LogP contribution in [0.4, 0.5) is 0 Å². The molecule has 1 aromatic carbocycles. The van der Waals surface area contributed by atoms with Crippen LogP contribution >= 0.6 is 0 Å². The molecule has 11 heteroatoms. The number of sulfonamides is 1. The van der Waals surface area contributed by atoms with E-state index in [9.17, 15) is 22.8 Å². The number of aromatic nitrogens is 1. The van der Waals surface area contributed by atoms with Gasteiger partial charge in [-0.3, -0.25) is 4.57 Å². The molecule has 2 rings (SSSR count). The Labute approximate surface area is 192 Å². The Morgan fingerprint density at radius 1 is 1.19 bits per heavy atom. The molecule has 0 saturated heterocycles. The van der Waals surface area contributed by atoms with E-state index in [-0.39, 0.29) is 22.9 Å². The van der Waals surface area contributed by atoms with Crippen molar-refractivity contribution >= 4 is 27.5 Å². The Hall–Kier alpha value is -2.37. The standard InChI is InChI=1S/C21H31N3O6S2/c1-4-5-6-7-8-9-13-22-31(27)30-18-12-10-11-17(14-18)24-16(2)20(25)19(21(24)26)15-23-32(3,28)29/h10-12,14-15,22,25-26H,4-9,13H2,1-3H3. The predicted molar refractivity (Wildman–Crippen MR) is 126 cm³/mol. The number of unbranched alkanes of at least 4 members (excludes halogenated alkanes) is 5. The van der Waals surface area contributed by atoms with Crippen molar-refractivity contribution < 1.29 is 27.0 Å². The minimum absolute atomic E-state index is 0.122. The van der Waals surface area contributed by atoms with Crippen LogP contribution in [-0.2, 0) is 21.3 Å². The lowest BCUT2D eigenvalue weighted by molar-refractivity contribution is 0.439. The Morgan fingerprint density at radius 3 is 2.56 bits per heavy atom. The number of nitrogens with one attached hydrogen (secondary N) is 1. The molecule has 0 radical (unpaired) electrons. The Balaban J connectivity index is 2.07. The first-order chi connectivity index (χ1) is 15.1. The van der Waals surface area contributed by atoms with Crippen molar-refractivity contribution in [2.45, 2.75) is 52.4 Å². The molecule has 9 nitrogen and oxygen atoms in total. The van der Waals surface area contributed by atoms with Crippen molar-refractivity contribution in [2.24, 2.45) is 4.40 Å². The number of nitrogens with zero attached hydrogens (tertiary/aromatic N) is 2. The summed E-state index contributed by atoms with van der Waals surface area (Å²) >= 11 is -1.73. The predicted octanol–water partition coefficient (Wildman–Crippen LogP) is 3.48. The summed E-state index contributed by atoms with van der Waals surface area (Å²) in [7, 11) is -3.68. The van der Waals surface area contributed by atoms with Gasteiger partial charge in [0.25, 0.3) is 11.3 Å². The smallest absolute Gasteiger partial charge is 0.287 e. The molecular formula is C21H31N3O6S2. The summed E-state index contributed by atoms with van der Waals surface area (Å²) < 4.78 is 47.6. The molecule has 0 fully saturated rings. The second-order valence-corrected chi connectivity index (χ2v) is 10.1. The summed E-state index contributed by atoms with van der Waals surface area (Å²) in [5, 5.41) is 20.8. The second kappa shape index (κ2) is 12.0. The van der Waals surface area contributed by atoms with Crippen molar-refractivity contribution in [3.8, 4) is 23.1 Å². The van der Waals surface area contributed by atoms with Gasteiger partial charge < -0.3 is 14.4 Å². The lowest BCUT2D eigenvalue weighted by Crippen LogP contribution is -2.22. The van der Waals surface area contributed by atoms with Gasteiger partial charge in [0.15, 0.2) is 0 Å². The van der Waals surface area contributed by atoms with E-state index in [0.29, 0.717) is 18.0 Å². The van der Waals surface area contributed by atoms with Crippen LogP contribution in [0.1, 0.15) is 56.7 Å². The fourth-order valence-electron chi connectivity index (χ4n) is 3.12. The lowest BCUT2D eigenvalue weighted by atomic mass is 10.1. The van der Waals surface area contributed by atoms with Crippen LogP contribution in [0.3, 0.4) is 0 Å². The number of aromatic hydroxyl groups is 2. The summed E-state index contributed by atoms with van der Waals surface area (Å²) in [5.41, 5.74) is 0.583. The maximum Gasteiger partial charge on any atom is 0.287 e. The van der Waals surface area contributed by atoms with Gasteiger partial charge in [0.2, 0.25) is 15.9 Å². The molecule has 1 unspecified atom stereocenters. The first-order valence-corrected chi connectivity index (χ1v) is 13.4. The summed E-state index contributed by atoms with van der Waals surface area (Å²) in [6.45, 7) is 4.30. The quantitative estimate of drug-likeness (QED) is 0.294. The molecule has 1 heterocycles. The van der Waals surface area contributed by atoms with Crippen molar-refractivity contribution in [1.29, 1.82) is 0 Å². The molecule has 0 aliphatic heterocycles. The SMILES string of the molecule is CCCCCCCCNS(=O)Oc1cccc(-n2c(C)c(O)c(C=NS(C)(=O)=O)c2O)c1. The Kier molecular flexibility index (Phi) is 9.73. The largest absolute Gasteiger partial charge is 0.505 e. The minimum atomic E-state index is -3.68. The van der Waals surface area contributed by atoms with Crippen molar-refractivity contribution in [2.75, 3.05) is 12.8 Å². The van der Waals surface area contributed by atoms with Gasteiger partial charge in [-0.15, -0.1) is 0 Å². The molecular weight excluding hydrogens is 454 g/mol. The molecule has 1 aromatic heterocycles. The van der Waals surface area contributed by atoms with E-state index in [4.69, 9.17) is 4.18 Å². The zero-order valence-corrected chi connectivity index (χ0v) is 20.2. The topological polar surface area (TPSA) is 130 Å². The van der Waals surface area contributed by atoms with Crippen molar-refractivity contribution in [3.05, 3.63) is 35.5 Å². The third-order valence-corrected chi connectivity index (χ3v) is 6.03. The normalized spacial score (nSPS) is 13.0. The number of rotatable bonds is 13. The zero-order chi connectivity index (χ0) is 23.7. The van der Waals surface area contributed by atoms with Gasteiger partial charge in [-0.1, -0.05) is 45.1 Å². The maximum absolute atomic E-state index is 12.2. The van der Waals surface area contributed by atoms with Crippen molar-refractivity contribution in [3.63, 3.8) is 0 Å². The monoisotopic (exact) mass is 485 g/mol. The highest BCUT2D eigenvalue weighted by atomic mass is 32.2. The van der Waals surface area contributed by atoms with Crippen LogP contribution in [0.25, 0.3) is 5.69 Å². The molecule has 2 aromatic rings. The zero-order valence-electron chi connectivity index (χ0n) is 18.6. The second-order valence-electron chi connectivity index (χ2n) is 7.45. The van der Waals surface area contributed by atoms with Gasteiger partial charge in [0.05, 0.1) is 29.4 Å². The molecule has 0 spiro atoms. The highest BCUT2D eigenvalue weighted by molar-refractivity contribution is 7.89. The van der Waals surface area contributed by atoms with Gasteiger partial charge in [-0.25, -0.2) is 13.1 Å². The molecule has 0 aliphatic carbocycles. The van der Waals surface area contributed by atoms with Gasteiger partial charge in [-0.2, -0.15) is 8.61 Å². The number of hydrogen-bond donors (Lipinski definition) is 3. The molecule has 0 saturated carbocycles. The molecule has 1 atom stereocenters. The van der Waals surface area contributed by atoms with E-state index in [0.717, 1.165) is 31.7 Å². The fraction of sp³-hybridized carbons (Fsp3) is 0.476. The molecule has 32 heavy (non-hydrogen) atoms. The van der Waals surface area contributed by atoms with E-state index in [1.807, 2.05) is 0 Å². The minimum Gasteiger partial charge on any atom is -0.505 e. The summed E-state index contributed by atoms with van der Waals surface area (Å²) in [5.74, 6) is -0.383. The maximum atomic E-state index is 12.2. The summed E-state index contributed by atoms with van der Waals surface area (Å²) in [6, 6.07) is 6.47.